The fourth-order valence-corrected chi connectivity index (χ4v) is 1.68. The number of nitrogens with two attached hydrogens (primary N) is 1. The van der Waals surface area contributed by atoms with E-state index in [1.165, 1.54) is 11.6 Å². The Labute approximate surface area is 88.1 Å². The van der Waals surface area contributed by atoms with Crippen LogP contribution >= 0.6 is 0 Å². The van der Waals surface area contributed by atoms with Crippen LogP contribution < -0.4 is 17.0 Å². The molecule has 0 spiro atoms. The molecule has 0 aliphatic carbocycles. The summed E-state index contributed by atoms with van der Waals surface area (Å²) in [5.74, 6) is 0. The van der Waals surface area contributed by atoms with Gasteiger partial charge in [0.05, 0.1) is 0 Å². The maximum absolute atomic E-state index is 11.6. The van der Waals surface area contributed by atoms with Gasteiger partial charge in [0.15, 0.2) is 0 Å². The standard InChI is InChI=1S/C10H17N3O2/c1-7-8(5-4-6-11)12(2)10(15)13(3)9(7)14/h4-6,11H2,1-3H3. The quantitative estimate of drug-likeness (QED) is 0.717. The van der Waals surface area contributed by atoms with E-state index in [4.69, 9.17) is 5.73 Å². The Morgan fingerprint density at radius 2 is 1.80 bits per heavy atom. The molecule has 0 radical (unpaired) electrons. The molecule has 0 saturated carbocycles. The Hall–Kier alpha value is -1.36. The van der Waals surface area contributed by atoms with Crippen molar-refractivity contribution in [1.82, 2.24) is 9.13 Å². The lowest BCUT2D eigenvalue weighted by molar-refractivity contribution is 0.627. The molecule has 1 heterocycles. The van der Waals surface area contributed by atoms with E-state index >= 15 is 0 Å². The second-order valence-electron chi connectivity index (χ2n) is 3.67. The average molecular weight is 211 g/mol. The Balaban J connectivity index is 3.39. The van der Waals surface area contributed by atoms with Crippen molar-refractivity contribution >= 4 is 0 Å². The van der Waals surface area contributed by atoms with Crippen molar-refractivity contribution < 1.29 is 0 Å². The van der Waals surface area contributed by atoms with Gasteiger partial charge in [-0.3, -0.25) is 9.36 Å². The van der Waals surface area contributed by atoms with Crippen LogP contribution in [0.15, 0.2) is 9.59 Å². The third-order valence-electron chi connectivity index (χ3n) is 2.65. The van der Waals surface area contributed by atoms with E-state index in [0.29, 0.717) is 18.5 Å². The molecule has 1 aromatic heterocycles. The van der Waals surface area contributed by atoms with E-state index in [1.807, 2.05) is 0 Å². The maximum Gasteiger partial charge on any atom is 0.330 e. The molecule has 1 aromatic rings. The first kappa shape index (κ1) is 11.7. The molecule has 1 rings (SSSR count). The molecule has 0 atom stereocenters. The molecule has 0 aliphatic heterocycles. The van der Waals surface area contributed by atoms with Gasteiger partial charge in [-0.05, 0) is 26.3 Å². The van der Waals surface area contributed by atoms with Gasteiger partial charge in [-0.25, -0.2) is 4.79 Å². The predicted octanol–water partition coefficient (Wildman–Crippen LogP) is -0.716. The van der Waals surface area contributed by atoms with Crippen LogP contribution in [0.2, 0.25) is 0 Å². The van der Waals surface area contributed by atoms with E-state index < -0.39 is 0 Å². The first-order valence-electron chi connectivity index (χ1n) is 4.96. The zero-order chi connectivity index (χ0) is 11.6. The lowest BCUT2D eigenvalue weighted by atomic mass is 10.1. The van der Waals surface area contributed by atoms with Crippen LogP contribution in [0, 0.1) is 6.92 Å². The van der Waals surface area contributed by atoms with Gasteiger partial charge in [-0.2, -0.15) is 0 Å². The molecule has 0 bridgehead atoms. The van der Waals surface area contributed by atoms with Crippen molar-refractivity contribution in [3.8, 4) is 0 Å². The first-order chi connectivity index (χ1) is 7.00. The maximum atomic E-state index is 11.6. The number of aromatic nitrogens is 2. The summed E-state index contributed by atoms with van der Waals surface area (Å²) < 4.78 is 2.65. The minimum Gasteiger partial charge on any atom is -0.330 e. The summed E-state index contributed by atoms with van der Waals surface area (Å²) in [7, 11) is 3.17. The third-order valence-corrected chi connectivity index (χ3v) is 2.65. The van der Waals surface area contributed by atoms with Crippen LogP contribution in [0.1, 0.15) is 17.7 Å². The van der Waals surface area contributed by atoms with Gasteiger partial charge in [-0.15, -0.1) is 0 Å². The lowest BCUT2D eigenvalue weighted by Gasteiger charge is -2.12. The minimum atomic E-state index is -0.280. The predicted molar refractivity (Wildman–Crippen MR) is 59.0 cm³/mol. The van der Waals surface area contributed by atoms with Gasteiger partial charge in [0.25, 0.3) is 5.56 Å². The van der Waals surface area contributed by atoms with Crippen LogP contribution in [-0.4, -0.2) is 15.7 Å². The molecule has 0 fully saturated rings. The SMILES string of the molecule is Cc1c(CCCN)n(C)c(=O)n(C)c1=O. The third kappa shape index (κ3) is 2.02. The Kier molecular flexibility index (Phi) is 3.47. The Morgan fingerprint density at radius 1 is 1.20 bits per heavy atom. The van der Waals surface area contributed by atoms with Gasteiger partial charge in [-0.1, -0.05) is 0 Å². The van der Waals surface area contributed by atoms with Crippen molar-refractivity contribution in [2.45, 2.75) is 19.8 Å². The van der Waals surface area contributed by atoms with Crippen molar-refractivity contribution in [2.75, 3.05) is 6.54 Å². The summed E-state index contributed by atoms with van der Waals surface area (Å²) in [5, 5.41) is 0. The highest BCUT2D eigenvalue weighted by Gasteiger charge is 2.10. The monoisotopic (exact) mass is 211 g/mol. The molecule has 0 saturated heterocycles. The van der Waals surface area contributed by atoms with E-state index in [0.717, 1.165) is 16.7 Å². The summed E-state index contributed by atoms with van der Waals surface area (Å²) in [6.07, 6.45) is 1.45. The van der Waals surface area contributed by atoms with Gasteiger partial charge in [0, 0.05) is 25.4 Å². The van der Waals surface area contributed by atoms with Crippen molar-refractivity contribution in [3.63, 3.8) is 0 Å². The molecule has 0 aliphatic rings. The largest absolute Gasteiger partial charge is 0.330 e. The molecule has 0 amide bonds. The molecule has 5 heteroatoms. The molecule has 0 aromatic carbocycles. The summed E-state index contributed by atoms with van der Waals surface area (Å²) in [6.45, 7) is 2.30. The van der Waals surface area contributed by atoms with Gasteiger partial charge in [0.1, 0.15) is 0 Å². The van der Waals surface area contributed by atoms with Crippen LogP contribution in [0.25, 0.3) is 0 Å². The normalized spacial score (nSPS) is 10.7. The zero-order valence-corrected chi connectivity index (χ0v) is 9.41. The molecular formula is C10H17N3O2. The Morgan fingerprint density at radius 3 is 2.33 bits per heavy atom. The number of rotatable bonds is 3. The fraction of sp³-hybridized carbons (Fsp3) is 0.600. The minimum absolute atomic E-state index is 0.217. The van der Waals surface area contributed by atoms with Crippen LogP contribution in [0.3, 0.4) is 0 Å². The average Bonchev–Trinajstić information content (AvgIpc) is 2.24. The smallest absolute Gasteiger partial charge is 0.330 e. The van der Waals surface area contributed by atoms with Gasteiger partial charge in [0.2, 0.25) is 0 Å². The van der Waals surface area contributed by atoms with Gasteiger partial charge < -0.3 is 10.3 Å². The molecule has 0 unspecified atom stereocenters. The van der Waals surface area contributed by atoms with Crippen molar-refractivity contribution in [1.29, 1.82) is 0 Å². The van der Waals surface area contributed by atoms with Crippen molar-refractivity contribution in [3.05, 3.63) is 32.1 Å². The van der Waals surface area contributed by atoms with E-state index in [2.05, 4.69) is 0 Å². The molecule has 15 heavy (non-hydrogen) atoms. The first-order valence-corrected chi connectivity index (χ1v) is 4.96. The summed E-state index contributed by atoms with van der Waals surface area (Å²) >= 11 is 0. The zero-order valence-electron chi connectivity index (χ0n) is 9.41. The van der Waals surface area contributed by atoms with Crippen LogP contribution in [0.4, 0.5) is 0 Å². The topological polar surface area (TPSA) is 70.0 Å². The number of nitrogens with zero attached hydrogens (tertiary/aromatic N) is 2. The van der Waals surface area contributed by atoms with E-state index in [9.17, 15) is 9.59 Å². The highest BCUT2D eigenvalue weighted by molar-refractivity contribution is 5.16. The second-order valence-corrected chi connectivity index (χ2v) is 3.67. The van der Waals surface area contributed by atoms with E-state index in [1.54, 1.807) is 14.0 Å². The second kappa shape index (κ2) is 4.44. The van der Waals surface area contributed by atoms with Crippen LogP contribution in [0.5, 0.6) is 0 Å². The fourth-order valence-electron chi connectivity index (χ4n) is 1.68. The highest BCUT2D eigenvalue weighted by atomic mass is 16.2. The van der Waals surface area contributed by atoms with Gasteiger partial charge >= 0.3 is 5.69 Å². The van der Waals surface area contributed by atoms with E-state index in [-0.39, 0.29) is 11.2 Å². The number of hydrogen-bond acceptors (Lipinski definition) is 3. The Bertz CT molecular complexity index is 434. The summed E-state index contributed by atoms with van der Waals surface area (Å²) in [4.78, 5) is 23.3. The molecule has 5 nitrogen and oxygen atoms in total. The van der Waals surface area contributed by atoms with Crippen molar-refractivity contribution in [2.24, 2.45) is 19.8 Å². The molecular weight excluding hydrogens is 194 g/mol. The summed E-state index contributed by atoms with van der Waals surface area (Å²) in [6, 6.07) is 0. The van der Waals surface area contributed by atoms with Crippen LogP contribution in [-0.2, 0) is 20.5 Å². The number of hydrogen-bond donors (Lipinski definition) is 1. The highest BCUT2D eigenvalue weighted by Crippen LogP contribution is 2.02. The molecule has 84 valence electrons. The lowest BCUT2D eigenvalue weighted by Crippen LogP contribution is -2.40. The molecule has 2 N–H and O–H groups in total. The summed E-state index contributed by atoms with van der Waals surface area (Å²) in [5.41, 5.74) is 6.33.